The highest BCUT2D eigenvalue weighted by Crippen LogP contribution is 2.12. The Morgan fingerprint density at radius 1 is 1.14 bits per heavy atom. The number of carbonyl (C=O) groups excluding carboxylic acids is 2. The number of rotatable bonds is 4. The van der Waals surface area contributed by atoms with E-state index in [1.54, 1.807) is 11.8 Å². The summed E-state index contributed by atoms with van der Waals surface area (Å²) >= 11 is 0. The first-order valence-electron chi connectivity index (χ1n) is 8.02. The zero-order valence-corrected chi connectivity index (χ0v) is 13.0. The number of aliphatic hydroxyl groups is 1. The Balaban J connectivity index is 1.77. The molecule has 0 spiro atoms. The van der Waals surface area contributed by atoms with Crippen LogP contribution in [0.1, 0.15) is 32.6 Å². The maximum absolute atomic E-state index is 12.3. The van der Waals surface area contributed by atoms with Gasteiger partial charge in [0.15, 0.2) is 0 Å². The van der Waals surface area contributed by atoms with E-state index in [-0.39, 0.29) is 24.5 Å². The average Bonchev–Trinajstić information content (AvgIpc) is 2.64. The molecule has 1 N–H and O–H groups in total. The summed E-state index contributed by atoms with van der Waals surface area (Å²) in [4.78, 5) is 30.0. The smallest absolute Gasteiger partial charge is 0.242 e. The second-order valence-corrected chi connectivity index (χ2v) is 6.16. The van der Waals surface area contributed by atoms with Crippen LogP contribution in [0.2, 0.25) is 0 Å². The number of aliphatic hydroxyl groups excluding tert-OH is 1. The van der Waals surface area contributed by atoms with E-state index in [1.807, 2.05) is 4.90 Å². The summed E-state index contributed by atoms with van der Waals surface area (Å²) in [7, 11) is 0. The highest BCUT2D eigenvalue weighted by Gasteiger charge is 2.25. The van der Waals surface area contributed by atoms with Gasteiger partial charge in [0.2, 0.25) is 11.8 Å². The summed E-state index contributed by atoms with van der Waals surface area (Å²) in [6, 6.07) is 0. The van der Waals surface area contributed by atoms with Crippen molar-refractivity contribution >= 4 is 11.8 Å². The molecule has 2 saturated heterocycles. The lowest BCUT2D eigenvalue weighted by Crippen LogP contribution is -2.52. The molecule has 0 saturated carbocycles. The molecule has 1 atom stereocenters. The number of likely N-dealkylation sites (tertiary alicyclic amines) is 1. The van der Waals surface area contributed by atoms with Crippen molar-refractivity contribution in [3.63, 3.8) is 0 Å². The van der Waals surface area contributed by atoms with Crippen LogP contribution in [0.3, 0.4) is 0 Å². The van der Waals surface area contributed by atoms with Gasteiger partial charge in [0, 0.05) is 45.7 Å². The minimum atomic E-state index is -0.332. The Morgan fingerprint density at radius 2 is 1.86 bits per heavy atom. The molecule has 2 amide bonds. The van der Waals surface area contributed by atoms with Crippen LogP contribution in [0.25, 0.3) is 0 Å². The molecule has 6 heteroatoms. The number of amides is 2. The van der Waals surface area contributed by atoms with Crippen LogP contribution in [-0.4, -0.2) is 83.5 Å². The van der Waals surface area contributed by atoms with E-state index in [4.69, 9.17) is 0 Å². The molecule has 2 rings (SSSR count). The number of β-amino-alcohol motifs (C(OH)–C–C–N with tert-alkyl or cyclic N) is 1. The average molecular weight is 297 g/mol. The molecule has 2 fully saturated rings. The Morgan fingerprint density at radius 3 is 2.52 bits per heavy atom. The monoisotopic (exact) mass is 297 g/mol. The first-order chi connectivity index (χ1) is 10.1. The minimum Gasteiger partial charge on any atom is -0.392 e. The second-order valence-electron chi connectivity index (χ2n) is 6.16. The van der Waals surface area contributed by atoms with Gasteiger partial charge in [0.25, 0.3) is 0 Å². The first-order valence-corrected chi connectivity index (χ1v) is 8.02. The molecule has 0 unspecified atom stereocenters. The Kier molecular flexibility index (Phi) is 5.99. The normalized spacial score (nSPS) is 23.0. The molecule has 120 valence electrons. The summed E-state index contributed by atoms with van der Waals surface area (Å²) in [6.07, 6.45) is 3.27. The maximum atomic E-state index is 12.3. The highest BCUT2D eigenvalue weighted by molar-refractivity contribution is 5.85. The third-order valence-electron chi connectivity index (χ3n) is 4.24. The van der Waals surface area contributed by atoms with Crippen molar-refractivity contribution < 1.29 is 14.7 Å². The van der Waals surface area contributed by atoms with Crippen molar-refractivity contribution in [1.82, 2.24) is 14.7 Å². The molecular weight excluding hydrogens is 270 g/mol. The molecule has 0 aliphatic carbocycles. The highest BCUT2D eigenvalue weighted by atomic mass is 16.3. The summed E-state index contributed by atoms with van der Waals surface area (Å²) in [6.45, 7) is 6.35. The summed E-state index contributed by atoms with van der Waals surface area (Å²) in [5, 5.41) is 9.39. The van der Waals surface area contributed by atoms with Gasteiger partial charge in [0.1, 0.15) is 0 Å². The fourth-order valence-electron chi connectivity index (χ4n) is 3.02. The molecule has 21 heavy (non-hydrogen) atoms. The van der Waals surface area contributed by atoms with E-state index in [9.17, 15) is 14.7 Å². The van der Waals surface area contributed by atoms with Crippen molar-refractivity contribution in [1.29, 1.82) is 0 Å². The van der Waals surface area contributed by atoms with Crippen LogP contribution >= 0.6 is 0 Å². The number of nitrogens with zero attached hydrogens (tertiary/aromatic N) is 3. The van der Waals surface area contributed by atoms with E-state index in [2.05, 4.69) is 4.90 Å². The van der Waals surface area contributed by atoms with E-state index in [0.717, 1.165) is 32.4 Å². The molecule has 2 aliphatic heterocycles. The summed E-state index contributed by atoms with van der Waals surface area (Å²) in [5.41, 5.74) is 0. The third-order valence-corrected chi connectivity index (χ3v) is 4.24. The van der Waals surface area contributed by atoms with Gasteiger partial charge in [-0.15, -0.1) is 0 Å². The van der Waals surface area contributed by atoms with E-state index >= 15 is 0 Å². The fourth-order valence-corrected chi connectivity index (χ4v) is 3.02. The predicted molar refractivity (Wildman–Crippen MR) is 79.7 cm³/mol. The quantitative estimate of drug-likeness (QED) is 0.788. The summed E-state index contributed by atoms with van der Waals surface area (Å²) in [5.74, 6) is 0.176. The topological polar surface area (TPSA) is 64.1 Å². The van der Waals surface area contributed by atoms with Crippen LogP contribution in [0.5, 0.6) is 0 Å². The van der Waals surface area contributed by atoms with Crippen LogP contribution in [0, 0.1) is 0 Å². The van der Waals surface area contributed by atoms with Gasteiger partial charge in [0.05, 0.1) is 12.6 Å². The van der Waals surface area contributed by atoms with Crippen molar-refractivity contribution in [2.24, 2.45) is 0 Å². The zero-order chi connectivity index (χ0) is 15.2. The molecule has 6 nitrogen and oxygen atoms in total. The van der Waals surface area contributed by atoms with Gasteiger partial charge in [-0.3, -0.25) is 14.5 Å². The zero-order valence-electron chi connectivity index (χ0n) is 13.0. The lowest BCUT2D eigenvalue weighted by atomic mass is 10.2. The molecule has 0 aromatic rings. The molecule has 2 aliphatic rings. The molecule has 0 aromatic carbocycles. The van der Waals surface area contributed by atoms with Crippen molar-refractivity contribution in [2.45, 2.75) is 38.7 Å². The van der Waals surface area contributed by atoms with Crippen molar-refractivity contribution in [3.05, 3.63) is 0 Å². The third kappa shape index (κ3) is 4.97. The number of piperazine rings is 1. The number of hydrogen-bond acceptors (Lipinski definition) is 4. The first kappa shape index (κ1) is 16.2. The van der Waals surface area contributed by atoms with Gasteiger partial charge in [-0.25, -0.2) is 0 Å². The van der Waals surface area contributed by atoms with Crippen LogP contribution < -0.4 is 0 Å². The van der Waals surface area contributed by atoms with Gasteiger partial charge in [-0.2, -0.15) is 0 Å². The standard InChI is InChI=1S/C15H27N3O3/c1-13(19)11-16-7-9-17(10-8-16)15(21)12-18-6-4-2-3-5-14(18)20/h13,19H,2-12H2,1H3/t13-/m0/s1. The Hall–Kier alpha value is -1.14. The molecule has 2 heterocycles. The predicted octanol–water partition coefficient (Wildman–Crippen LogP) is -0.0860. The van der Waals surface area contributed by atoms with E-state index < -0.39 is 0 Å². The van der Waals surface area contributed by atoms with E-state index in [1.165, 1.54) is 0 Å². The van der Waals surface area contributed by atoms with Gasteiger partial charge in [-0.05, 0) is 19.8 Å². The minimum absolute atomic E-state index is 0.0574. The van der Waals surface area contributed by atoms with Crippen LogP contribution in [-0.2, 0) is 9.59 Å². The molecule has 0 aromatic heterocycles. The van der Waals surface area contributed by atoms with Crippen LogP contribution in [0.4, 0.5) is 0 Å². The lowest BCUT2D eigenvalue weighted by Gasteiger charge is -2.36. The van der Waals surface area contributed by atoms with Crippen molar-refractivity contribution in [2.75, 3.05) is 45.8 Å². The number of hydrogen-bond donors (Lipinski definition) is 1. The SMILES string of the molecule is C[C@H](O)CN1CCN(C(=O)CN2CCCCCC2=O)CC1. The summed E-state index contributed by atoms with van der Waals surface area (Å²) < 4.78 is 0. The molecule has 0 radical (unpaired) electrons. The Bertz CT molecular complexity index is 365. The van der Waals surface area contributed by atoms with Crippen LogP contribution in [0.15, 0.2) is 0 Å². The lowest BCUT2D eigenvalue weighted by molar-refractivity contribution is -0.141. The molecule has 0 bridgehead atoms. The Labute approximate surface area is 126 Å². The van der Waals surface area contributed by atoms with Gasteiger partial charge in [-0.1, -0.05) is 6.42 Å². The second kappa shape index (κ2) is 7.75. The van der Waals surface area contributed by atoms with Crippen molar-refractivity contribution in [3.8, 4) is 0 Å². The number of carbonyl (C=O) groups is 2. The fraction of sp³-hybridized carbons (Fsp3) is 0.867. The largest absolute Gasteiger partial charge is 0.392 e. The maximum Gasteiger partial charge on any atom is 0.242 e. The molecular formula is C15H27N3O3. The van der Waals surface area contributed by atoms with Gasteiger partial charge < -0.3 is 14.9 Å². The van der Waals surface area contributed by atoms with Gasteiger partial charge >= 0.3 is 0 Å². The van der Waals surface area contributed by atoms with E-state index in [0.29, 0.717) is 32.6 Å².